The van der Waals surface area contributed by atoms with E-state index in [2.05, 4.69) is 4.98 Å². The molecule has 0 saturated carbocycles. The molecule has 20 heavy (non-hydrogen) atoms. The third kappa shape index (κ3) is 2.04. The van der Waals surface area contributed by atoms with Crippen molar-refractivity contribution in [1.29, 1.82) is 0 Å². The van der Waals surface area contributed by atoms with E-state index in [0.29, 0.717) is 21.8 Å². The number of carbonyl (C=O) groups excluding carboxylic acids is 1. The molecule has 0 unspecified atom stereocenters. The number of aromatic nitrogens is 1. The van der Waals surface area contributed by atoms with Crippen LogP contribution in [0.2, 0.25) is 5.02 Å². The fourth-order valence-corrected chi connectivity index (χ4v) is 2.46. The number of nitrogens with one attached hydrogen (secondary N) is 1. The SMILES string of the molecule is Nc1cc(Cl)cc(C(=O)c2c[nH]c3cccc(F)c23)c1. The molecule has 1 aromatic heterocycles. The summed E-state index contributed by atoms with van der Waals surface area (Å²) in [5.74, 6) is -0.766. The summed E-state index contributed by atoms with van der Waals surface area (Å²) in [6, 6.07) is 9.20. The van der Waals surface area contributed by atoms with Crippen LogP contribution in [-0.2, 0) is 0 Å². The molecule has 0 amide bonds. The Bertz CT molecular complexity index is 806. The van der Waals surface area contributed by atoms with Gasteiger partial charge in [-0.2, -0.15) is 0 Å². The van der Waals surface area contributed by atoms with Gasteiger partial charge in [-0.25, -0.2) is 4.39 Å². The van der Waals surface area contributed by atoms with Crippen LogP contribution in [0.5, 0.6) is 0 Å². The quantitative estimate of drug-likeness (QED) is 0.557. The van der Waals surface area contributed by atoms with Gasteiger partial charge in [0.05, 0.1) is 5.56 Å². The van der Waals surface area contributed by atoms with Gasteiger partial charge >= 0.3 is 0 Å². The Morgan fingerprint density at radius 1 is 1.25 bits per heavy atom. The van der Waals surface area contributed by atoms with Gasteiger partial charge in [0.25, 0.3) is 0 Å². The number of nitrogen functional groups attached to an aromatic ring is 1. The molecule has 3 rings (SSSR count). The van der Waals surface area contributed by atoms with Crippen molar-refractivity contribution in [3.05, 3.63) is 64.6 Å². The topological polar surface area (TPSA) is 58.9 Å². The number of anilines is 1. The van der Waals surface area contributed by atoms with Gasteiger partial charge in [0.2, 0.25) is 0 Å². The highest BCUT2D eigenvalue weighted by atomic mass is 35.5. The fraction of sp³-hybridized carbons (Fsp3) is 0. The molecule has 5 heteroatoms. The highest BCUT2D eigenvalue weighted by Crippen LogP contribution is 2.25. The van der Waals surface area contributed by atoms with Crippen LogP contribution >= 0.6 is 11.6 Å². The van der Waals surface area contributed by atoms with Crippen LogP contribution in [0, 0.1) is 5.82 Å². The van der Waals surface area contributed by atoms with Crippen molar-refractivity contribution in [2.75, 3.05) is 5.73 Å². The minimum Gasteiger partial charge on any atom is -0.399 e. The summed E-state index contributed by atoms with van der Waals surface area (Å²) in [7, 11) is 0. The van der Waals surface area contributed by atoms with Gasteiger partial charge in [0, 0.05) is 33.4 Å². The first-order chi connectivity index (χ1) is 9.56. The number of fused-ring (bicyclic) bond motifs is 1. The number of halogens is 2. The highest BCUT2D eigenvalue weighted by molar-refractivity contribution is 6.31. The zero-order chi connectivity index (χ0) is 14.3. The van der Waals surface area contributed by atoms with Gasteiger partial charge in [0.15, 0.2) is 5.78 Å². The number of hydrogen-bond donors (Lipinski definition) is 2. The molecule has 0 aliphatic heterocycles. The normalized spacial score (nSPS) is 10.9. The van der Waals surface area contributed by atoms with E-state index in [1.54, 1.807) is 18.2 Å². The first-order valence-electron chi connectivity index (χ1n) is 5.92. The monoisotopic (exact) mass is 288 g/mol. The summed E-state index contributed by atoms with van der Waals surface area (Å²) in [5, 5.41) is 0.643. The lowest BCUT2D eigenvalue weighted by atomic mass is 10.0. The third-order valence-corrected chi connectivity index (χ3v) is 3.30. The molecule has 0 aliphatic carbocycles. The van der Waals surface area contributed by atoms with Crippen LogP contribution in [0.25, 0.3) is 10.9 Å². The predicted octanol–water partition coefficient (Wildman–Crippen LogP) is 3.77. The van der Waals surface area contributed by atoms with Crippen molar-refractivity contribution < 1.29 is 9.18 Å². The lowest BCUT2D eigenvalue weighted by molar-refractivity contribution is 0.104. The average molecular weight is 289 g/mol. The Kier molecular flexibility index (Phi) is 2.95. The fourth-order valence-electron chi connectivity index (χ4n) is 2.22. The zero-order valence-electron chi connectivity index (χ0n) is 10.3. The lowest BCUT2D eigenvalue weighted by Gasteiger charge is -2.03. The van der Waals surface area contributed by atoms with Crippen LogP contribution in [0.1, 0.15) is 15.9 Å². The van der Waals surface area contributed by atoms with Crippen LogP contribution in [0.3, 0.4) is 0 Å². The molecular weight excluding hydrogens is 279 g/mol. The van der Waals surface area contributed by atoms with Crippen molar-refractivity contribution in [2.24, 2.45) is 0 Å². The first-order valence-corrected chi connectivity index (χ1v) is 6.30. The number of carbonyl (C=O) groups is 1. The zero-order valence-corrected chi connectivity index (χ0v) is 11.0. The molecule has 0 aliphatic rings. The maximum Gasteiger partial charge on any atom is 0.195 e. The van der Waals surface area contributed by atoms with Crippen molar-refractivity contribution in [1.82, 2.24) is 4.98 Å². The summed E-state index contributed by atoms with van der Waals surface area (Å²) in [6.45, 7) is 0. The number of benzene rings is 2. The van der Waals surface area contributed by atoms with Crippen molar-refractivity contribution in [3.63, 3.8) is 0 Å². The molecular formula is C15H10ClFN2O. The molecule has 3 aromatic rings. The number of nitrogens with two attached hydrogens (primary N) is 1. The molecule has 100 valence electrons. The number of rotatable bonds is 2. The van der Waals surface area contributed by atoms with E-state index in [-0.39, 0.29) is 16.7 Å². The van der Waals surface area contributed by atoms with E-state index in [9.17, 15) is 9.18 Å². The number of aromatic amines is 1. The summed E-state index contributed by atoms with van der Waals surface area (Å²) in [6.07, 6.45) is 1.49. The van der Waals surface area contributed by atoms with E-state index in [1.807, 2.05) is 0 Å². The van der Waals surface area contributed by atoms with Crippen molar-refractivity contribution in [2.45, 2.75) is 0 Å². The van der Waals surface area contributed by atoms with Gasteiger partial charge in [-0.05, 0) is 30.3 Å². The summed E-state index contributed by atoms with van der Waals surface area (Å²) >= 11 is 5.89. The van der Waals surface area contributed by atoms with E-state index in [1.165, 1.54) is 24.4 Å². The minimum absolute atomic E-state index is 0.264. The number of hydrogen-bond acceptors (Lipinski definition) is 2. The van der Waals surface area contributed by atoms with Gasteiger partial charge in [-0.15, -0.1) is 0 Å². The average Bonchev–Trinajstić information content (AvgIpc) is 2.82. The number of ketones is 1. The summed E-state index contributed by atoms with van der Waals surface area (Å²) in [5.41, 5.74) is 7.23. The maximum atomic E-state index is 13.9. The second-order valence-corrected chi connectivity index (χ2v) is 4.90. The van der Waals surface area contributed by atoms with E-state index >= 15 is 0 Å². The second kappa shape index (κ2) is 4.65. The van der Waals surface area contributed by atoms with Crippen LogP contribution in [0.15, 0.2) is 42.6 Å². The first kappa shape index (κ1) is 12.7. The summed E-state index contributed by atoms with van der Waals surface area (Å²) < 4.78 is 13.9. The summed E-state index contributed by atoms with van der Waals surface area (Å²) in [4.78, 5) is 15.4. The van der Waals surface area contributed by atoms with Gasteiger partial charge < -0.3 is 10.7 Å². The standard InChI is InChI=1S/C15H10ClFN2O/c16-9-4-8(5-10(18)6-9)15(20)11-7-19-13-3-1-2-12(17)14(11)13/h1-7,19H,18H2. The second-order valence-electron chi connectivity index (χ2n) is 4.47. The smallest absolute Gasteiger partial charge is 0.195 e. The molecule has 0 spiro atoms. The molecule has 0 atom stereocenters. The van der Waals surface area contributed by atoms with Crippen molar-refractivity contribution in [3.8, 4) is 0 Å². The Hall–Kier alpha value is -2.33. The van der Waals surface area contributed by atoms with Crippen LogP contribution in [-0.4, -0.2) is 10.8 Å². The van der Waals surface area contributed by atoms with Crippen LogP contribution in [0.4, 0.5) is 10.1 Å². The molecule has 3 nitrogen and oxygen atoms in total. The van der Waals surface area contributed by atoms with Gasteiger partial charge in [0.1, 0.15) is 5.82 Å². The maximum absolute atomic E-state index is 13.9. The molecule has 0 radical (unpaired) electrons. The van der Waals surface area contributed by atoms with E-state index < -0.39 is 5.82 Å². The Balaban J connectivity index is 2.18. The Morgan fingerprint density at radius 2 is 2.05 bits per heavy atom. The minimum atomic E-state index is -0.442. The van der Waals surface area contributed by atoms with E-state index in [4.69, 9.17) is 17.3 Å². The molecule has 0 bridgehead atoms. The Labute approximate surface area is 119 Å². The third-order valence-electron chi connectivity index (χ3n) is 3.08. The Morgan fingerprint density at radius 3 is 2.80 bits per heavy atom. The van der Waals surface area contributed by atoms with Crippen molar-refractivity contribution >= 4 is 34.0 Å². The molecule has 0 fully saturated rings. The molecule has 0 saturated heterocycles. The van der Waals surface area contributed by atoms with E-state index in [0.717, 1.165) is 0 Å². The highest BCUT2D eigenvalue weighted by Gasteiger charge is 2.17. The largest absolute Gasteiger partial charge is 0.399 e. The molecule has 1 heterocycles. The van der Waals surface area contributed by atoms with Gasteiger partial charge in [-0.1, -0.05) is 17.7 Å². The van der Waals surface area contributed by atoms with Crippen LogP contribution < -0.4 is 5.73 Å². The van der Waals surface area contributed by atoms with Gasteiger partial charge in [-0.3, -0.25) is 4.79 Å². The molecule has 3 N–H and O–H groups in total. The molecule has 2 aromatic carbocycles. The number of H-pyrrole nitrogens is 1. The lowest BCUT2D eigenvalue weighted by Crippen LogP contribution is -2.02. The predicted molar refractivity (Wildman–Crippen MR) is 77.6 cm³/mol.